The Kier molecular flexibility index (Phi) is 3.39. The molecule has 88 valence electrons. The van der Waals surface area contributed by atoms with E-state index in [2.05, 4.69) is 9.97 Å². The first-order valence-corrected chi connectivity index (χ1v) is 5.43. The highest BCUT2D eigenvalue weighted by Gasteiger charge is 2.08. The molecule has 2 rings (SSSR count). The van der Waals surface area contributed by atoms with Crippen LogP contribution in [0, 0.1) is 4.64 Å². The number of benzene rings is 1. The van der Waals surface area contributed by atoms with Gasteiger partial charge >= 0.3 is 0 Å². The first-order chi connectivity index (χ1) is 8.26. The van der Waals surface area contributed by atoms with Crippen molar-refractivity contribution in [2.45, 2.75) is 0 Å². The highest BCUT2D eigenvalue weighted by molar-refractivity contribution is 7.71. The van der Waals surface area contributed by atoms with E-state index in [0.717, 1.165) is 17.0 Å². The highest BCUT2D eigenvalue weighted by atomic mass is 32.1. The molecular weight excluding hydrogens is 236 g/mol. The number of nitrogens with one attached hydrogen (secondary N) is 1. The zero-order valence-electron chi connectivity index (χ0n) is 9.56. The molecule has 0 atom stereocenters. The fourth-order valence-electron chi connectivity index (χ4n) is 1.55. The molecule has 0 unspecified atom stereocenters. The number of hydrogen-bond donors (Lipinski definition) is 1. The average Bonchev–Trinajstić information content (AvgIpc) is 2.38. The van der Waals surface area contributed by atoms with E-state index < -0.39 is 0 Å². The van der Waals surface area contributed by atoms with Gasteiger partial charge in [-0.2, -0.15) is 0 Å². The molecule has 5 heteroatoms. The lowest BCUT2D eigenvalue weighted by Crippen LogP contribution is -1.94. The van der Waals surface area contributed by atoms with E-state index in [0.29, 0.717) is 10.4 Å². The van der Waals surface area contributed by atoms with Gasteiger partial charge in [0.2, 0.25) is 0 Å². The van der Waals surface area contributed by atoms with Crippen LogP contribution < -0.4 is 9.47 Å². The molecule has 4 nitrogen and oxygen atoms in total. The summed E-state index contributed by atoms with van der Waals surface area (Å²) in [5, 5.41) is 0. The van der Waals surface area contributed by atoms with E-state index in [1.165, 1.54) is 0 Å². The number of aromatic nitrogens is 2. The van der Waals surface area contributed by atoms with Crippen molar-refractivity contribution >= 4 is 12.2 Å². The molecule has 1 aromatic heterocycles. The van der Waals surface area contributed by atoms with Gasteiger partial charge in [0.05, 0.1) is 26.2 Å². The van der Waals surface area contributed by atoms with Crippen molar-refractivity contribution in [1.29, 1.82) is 0 Å². The summed E-state index contributed by atoms with van der Waals surface area (Å²) in [5.74, 6) is 1.38. The van der Waals surface area contributed by atoms with Gasteiger partial charge in [0.15, 0.2) is 10.4 Å². The number of ether oxygens (including phenoxy) is 2. The monoisotopic (exact) mass is 248 g/mol. The lowest BCUT2D eigenvalue weighted by molar-refractivity contribution is 0.410. The minimum atomic E-state index is 0.442. The quantitative estimate of drug-likeness (QED) is 0.848. The summed E-state index contributed by atoms with van der Waals surface area (Å²) in [6.45, 7) is 0. The molecule has 0 aliphatic carbocycles. The van der Waals surface area contributed by atoms with Crippen LogP contribution in [0.3, 0.4) is 0 Å². The SMILES string of the molecule is COc1ccc(-c2[nH]cnc(=S)c2OC)cc1. The van der Waals surface area contributed by atoms with Crippen LogP contribution in [0.5, 0.6) is 11.5 Å². The van der Waals surface area contributed by atoms with Crippen LogP contribution in [0.2, 0.25) is 0 Å². The molecule has 0 spiro atoms. The van der Waals surface area contributed by atoms with Crippen molar-refractivity contribution in [3.05, 3.63) is 35.2 Å². The lowest BCUT2D eigenvalue weighted by Gasteiger charge is -2.08. The van der Waals surface area contributed by atoms with Crippen molar-refractivity contribution < 1.29 is 9.47 Å². The van der Waals surface area contributed by atoms with Crippen LogP contribution in [-0.4, -0.2) is 24.2 Å². The third-order valence-corrected chi connectivity index (χ3v) is 2.69. The highest BCUT2D eigenvalue weighted by Crippen LogP contribution is 2.28. The molecule has 2 aromatic rings. The van der Waals surface area contributed by atoms with Crippen molar-refractivity contribution in [2.24, 2.45) is 0 Å². The number of aromatic amines is 1. The van der Waals surface area contributed by atoms with E-state index in [4.69, 9.17) is 21.7 Å². The van der Waals surface area contributed by atoms with Gasteiger partial charge in [-0.05, 0) is 24.3 Å². The van der Waals surface area contributed by atoms with Crippen molar-refractivity contribution in [3.63, 3.8) is 0 Å². The Bertz CT molecular complexity index is 563. The Morgan fingerprint density at radius 1 is 1.12 bits per heavy atom. The van der Waals surface area contributed by atoms with E-state index in [1.807, 2.05) is 24.3 Å². The Morgan fingerprint density at radius 3 is 2.41 bits per heavy atom. The molecule has 1 N–H and O–H groups in total. The average molecular weight is 248 g/mol. The number of methoxy groups -OCH3 is 2. The Labute approximate surface area is 104 Å². The van der Waals surface area contributed by atoms with Gasteiger partial charge in [0.1, 0.15) is 5.75 Å². The summed E-state index contributed by atoms with van der Waals surface area (Å²) in [6.07, 6.45) is 1.56. The zero-order chi connectivity index (χ0) is 12.3. The third-order valence-electron chi connectivity index (χ3n) is 2.39. The largest absolute Gasteiger partial charge is 0.497 e. The molecular formula is C12H12N2O2S. The molecule has 0 bridgehead atoms. The molecule has 0 saturated heterocycles. The van der Waals surface area contributed by atoms with Crippen LogP contribution in [0.25, 0.3) is 11.3 Å². The fraction of sp³-hybridized carbons (Fsp3) is 0.167. The minimum Gasteiger partial charge on any atom is -0.497 e. The van der Waals surface area contributed by atoms with E-state index in [1.54, 1.807) is 20.5 Å². The van der Waals surface area contributed by atoms with Crippen LogP contribution in [0.4, 0.5) is 0 Å². The van der Waals surface area contributed by atoms with Gasteiger partial charge in [-0.25, -0.2) is 4.98 Å². The Morgan fingerprint density at radius 2 is 1.82 bits per heavy atom. The third kappa shape index (κ3) is 2.29. The number of nitrogens with zero attached hydrogens (tertiary/aromatic N) is 1. The Balaban J connectivity index is 2.52. The van der Waals surface area contributed by atoms with Crippen molar-refractivity contribution in [1.82, 2.24) is 9.97 Å². The van der Waals surface area contributed by atoms with Crippen LogP contribution in [0.1, 0.15) is 0 Å². The van der Waals surface area contributed by atoms with Crippen molar-refractivity contribution in [2.75, 3.05) is 14.2 Å². The molecule has 0 radical (unpaired) electrons. The van der Waals surface area contributed by atoms with Gasteiger partial charge in [0.25, 0.3) is 0 Å². The summed E-state index contributed by atoms with van der Waals surface area (Å²) in [7, 11) is 3.21. The maximum absolute atomic E-state index is 5.26. The molecule has 0 amide bonds. The van der Waals surface area contributed by atoms with E-state index >= 15 is 0 Å². The van der Waals surface area contributed by atoms with E-state index in [9.17, 15) is 0 Å². The van der Waals surface area contributed by atoms with Crippen molar-refractivity contribution in [3.8, 4) is 22.8 Å². The van der Waals surface area contributed by atoms with Gasteiger partial charge in [-0.3, -0.25) is 0 Å². The second-order valence-electron chi connectivity index (χ2n) is 3.34. The second-order valence-corrected chi connectivity index (χ2v) is 3.73. The summed E-state index contributed by atoms with van der Waals surface area (Å²) < 4.78 is 10.8. The molecule has 0 aliphatic heterocycles. The van der Waals surface area contributed by atoms with Gasteiger partial charge in [-0.15, -0.1) is 0 Å². The molecule has 1 aromatic carbocycles. The molecule has 1 heterocycles. The second kappa shape index (κ2) is 4.97. The number of H-pyrrole nitrogens is 1. The normalized spacial score (nSPS) is 10.0. The minimum absolute atomic E-state index is 0.442. The summed E-state index contributed by atoms with van der Waals surface area (Å²) in [6, 6.07) is 7.63. The summed E-state index contributed by atoms with van der Waals surface area (Å²) >= 11 is 5.11. The first kappa shape index (κ1) is 11.6. The van der Waals surface area contributed by atoms with E-state index in [-0.39, 0.29) is 0 Å². The zero-order valence-corrected chi connectivity index (χ0v) is 10.4. The van der Waals surface area contributed by atoms with Gasteiger partial charge in [-0.1, -0.05) is 12.2 Å². The predicted octanol–water partition coefficient (Wildman–Crippen LogP) is 2.82. The lowest BCUT2D eigenvalue weighted by atomic mass is 10.1. The smallest absolute Gasteiger partial charge is 0.179 e. The molecule has 0 saturated carbocycles. The molecule has 0 fully saturated rings. The van der Waals surface area contributed by atoms with Gasteiger partial charge < -0.3 is 14.5 Å². The van der Waals surface area contributed by atoms with Crippen LogP contribution in [0.15, 0.2) is 30.6 Å². The standard InChI is InChI=1S/C12H12N2O2S/c1-15-9-5-3-8(4-6-9)10-11(16-2)12(17)14-7-13-10/h3-7H,1-2H3,(H,13,14,17). The van der Waals surface area contributed by atoms with Crippen LogP contribution in [-0.2, 0) is 0 Å². The topological polar surface area (TPSA) is 47.1 Å². The number of hydrogen-bond acceptors (Lipinski definition) is 4. The maximum Gasteiger partial charge on any atom is 0.179 e. The predicted molar refractivity (Wildman–Crippen MR) is 68.0 cm³/mol. The summed E-state index contributed by atoms with van der Waals surface area (Å²) in [5.41, 5.74) is 1.78. The summed E-state index contributed by atoms with van der Waals surface area (Å²) in [4.78, 5) is 7.02. The first-order valence-electron chi connectivity index (χ1n) is 5.02. The van der Waals surface area contributed by atoms with Crippen LogP contribution >= 0.6 is 12.2 Å². The fourth-order valence-corrected chi connectivity index (χ4v) is 1.79. The number of rotatable bonds is 3. The van der Waals surface area contributed by atoms with Gasteiger partial charge in [0, 0.05) is 5.56 Å². The maximum atomic E-state index is 5.26. The molecule has 0 aliphatic rings. The Hall–Kier alpha value is -1.88. The molecule has 17 heavy (non-hydrogen) atoms.